The summed E-state index contributed by atoms with van der Waals surface area (Å²) >= 11 is 3.30. The number of hydrogen-bond acceptors (Lipinski definition) is 3. The van der Waals surface area contributed by atoms with Crippen molar-refractivity contribution in [2.45, 2.75) is 0 Å². The molecule has 0 radical (unpaired) electrons. The number of benzene rings is 2. The fourth-order valence-electron chi connectivity index (χ4n) is 2.28. The van der Waals surface area contributed by atoms with Crippen LogP contribution in [0, 0.1) is 11.3 Å². The van der Waals surface area contributed by atoms with Crippen molar-refractivity contribution in [3.63, 3.8) is 0 Å². The van der Waals surface area contributed by atoms with Crippen LogP contribution in [0.3, 0.4) is 0 Å². The number of hydrogen-bond donors (Lipinski definition) is 1. The monoisotopic (exact) mass is 340 g/mol. The minimum absolute atomic E-state index is 0.0129. The zero-order valence-corrected chi connectivity index (χ0v) is 12.3. The Balaban J connectivity index is 2.25. The molecule has 0 amide bonds. The van der Waals surface area contributed by atoms with Crippen molar-refractivity contribution in [3.05, 3.63) is 69.8 Å². The maximum atomic E-state index is 12.6. The van der Waals surface area contributed by atoms with Gasteiger partial charge in [-0.05, 0) is 30.3 Å². The van der Waals surface area contributed by atoms with E-state index in [0.29, 0.717) is 16.5 Å². The van der Waals surface area contributed by atoms with Crippen LogP contribution in [-0.4, -0.2) is 15.7 Å². The van der Waals surface area contributed by atoms with Crippen molar-refractivity contribution in [2.75, 3.05) is 0 Å². The average Bonchev–Trinajstić information content (AvgIpc) is 2.80. The molecule has 3 aromatic rings. The largest absolute Gasteiger partial charge is 0.428 e. The Morgan fingerprint density at radius 2 is 1.81 bits per heavy atom. The molecule has 0 aliphatic heterocycles. The molecule has 0 atom stereocenters. The quantitative estimate of drug-likeness (QED) is 0.570. The number of para-hydroxylation sites is 1. The first-order chi connectivity index (χ1) is 10.1. The lowest BCUT2D eigenvalue weighted by atomic mass is 10.0. The summed E-state index contributed by atoms with van der Waals surface area (Å²) in [7, 11) is 0. The van der Waals surface area contributed by atoms with Gasteiger partial charge in [0.1, 0.15) is 11.8 Å². The summed E-state index contributed by atoms with van der Waals surface area (Å²) in [5.74, 6) is -0.391. The summed E-state index contributed by atoms with van der Waals surface area (Å²) in [4.78, 5) is 12.6. The number of carbonyl (C=O) groups excluding carboxylic acids is 1. The van der Waals surface area contributed by atoms with Crippen LogP contribution < -0.4 is 0 Å². The van der Waals surface area contributed by atoms with E-state index in [-0.39, 0.29) is 11.3 Å². The van der Waals surface area contributed by atoms with Gasteiger partial charge in [-0.15, -0.1) is 0 Å². The van der Waals surface area contributed by atoms with E-state index in [1.807, 2.05) is 6.07 Å². The van der Waals surface area contributed by atoms with Gasteiger partial charge in [-0.1, -0.05) is 34.1 Å². The molecule has 2 aromatic carbocycles. The third kappa shape index (κ3) is 2.10. The van der Waals surface area contributed by atoms with Crippen LogP contribution >= 0.6 is 15.9 Å². The van der Waals surface area contributed by atoms with E-state index in [9.17, 15) is 15.3 Å². The predicted molar refractivity (Wildman–Crippen MR) is 81.4 cm³/mol. The zero-order chi connectivity index (χ0) is 15.0. The predicted octanol–water partition coefficient (Wildman–Crippen LogP) is 3.74. The van der Waals surface area contributed by atoms with Gasteiger partial charge >= 0.3 is 0 Å². The lowest BCUT2D eigenvalue weighted by Crippen LogP contribution is -2.09. The van der Waals surface area contributed by atoms with Crippen molar-refractivity contribution in [1.29, 1.82) is 5.26 Å². The van der Waals surface area contributed by atoms with Crippen LogP contribution in [0.5, 0.6) is 0 Å². The van der Waals surface area contributed by atoms with Crippen LogP contribution in [0.2, 0.25) is 0 Å². The van der Waals surface area contributed by atoms with Crippen LogP contribution in [0.25, 0.3) is 10.9 Å². The molecular weight excluding hydrogens is 332 g/mol. The van der Waals surface area contributed by atoms with Gasteiger partial charge in [0, 0.05) is 15.4 Å². The minimum atomic E-state index is -0.391. The van der Waals surface area contributed by atoms with Crippen LogP contribution in [-0.2, 0) is 0 Å². The van der Waals surface area contributed by atoms with Crippen molar-refractivity contribution in [3.8, 4) is 6.07 Å². The van der Waals surface area contributed by atoms with E-state index in [0.717, 1.165) is 9.20 Å². The number of nitriles is 1. The van der Waals surface area contributed by atoms with E-state index in [1.54, 1.807) is 48.5 Å². The summed E-state index contributed by atoms with van der Waals surface area (Å²) in [6, 6.07) is 15.6. The van der Waals surface area contributed by atoms with Crippen molar-refractivity contribution in [1.82, 2.24) is 4.73 Å². The van der Waals surface area contributed by atoms with E-state index in [2.05, 4.69) is 15.9 Å². The second-order valence-electron chi connectivity index (χ2n) is 4.50. The van der Waals surface area contributed by atoms with Gasteiger partial charge in [0.05, 0.1) is 11.1 Å². The Labute approximate surface area is 128 Å². The normalized spacial score (nSPS) is 10.5. The highest BCUT2D eigenvalue weighted by Crippen LogP contribution is 2.26. The van der Waals surface area contributed by atoms with Crippen LogP contribution in [0.15, 0.2) is 53.0 Å². The van der Waals surface area contributed by atoms with Crippen molar-refractivity contribution < 1.29 is 10.0 Å². The second kappa shape index (κ2) is 5.08. The van der Waals surface area contributed by atoms with E-state index in [1.165, 1.54) is 0 Å². The summed E-state index contributed by atoms with van der Waals surface area (Å²) < 4.78 is 1.64. The van der Waals surface area contributed by atoms with E-state index in [4.69, 9.17) is 0 Å². The third-order valence-corrected chi connectivity index (χ3v) is 3.81. The SMILES string of the molecule is N#Cc1c(C(=O)c2ccc(Br)cc2)n(O)c2ccccc12. The number of halogens is 1. The standard InChI is InChI=1S/C16H9BrN2O2/c17-11-7-5-10(6-8-11)16(20)15-13(9-18)12-3-1-2-4-14(12)19(15)21/h1-8,21H. The summed E-state index contributed by atoms with van der Waals surface area (Å²) in [6.45, 7) is 0. The Hall–Kier alpha value is -2.58. The molecule has 102 valence electrons. The topological polar surface area (TPSA) is 66.0 Å². The Bertz CT molecular complexity index is 889. The molecule has 0 aliphatic rings. The molecule has 3 rings (SSSR count). The highest BCUT2D eigenvalue weighted by molar-refractivity contribution is 9.10. The number of fused-ring (bicyclic) bond motifs is 1. The second-order valence-corrected chi connectivity index (χ2v) is 5.42. The molecule has 0 aliphatic carbocycles. The Morgan fingerprint density at radius 3 is 2.48 bits per heavy atom. The van der Waals surface area contributed by atoms with Gasteiger partial charge in [0.25, 0.3) is 0 Å². The van der Waals surface area contributed by atoms with E-state index < -0.39 is 5.78 Å². The molecule has 0 spiro atoms. The van der Waals surface area contributed by atoms with Crippen molar-refractivity contribution >= 4 is 32.6 Å². The molecule has 1 aromatic heterocycles. The third-order valence-electron chi connectivity index (χ3n) is 3.28. The number of ketones is 1. The fourth-order valence-corrected chi connectivity index (χ4v) is 2.55. The number of aromatic nitrogens is 1. The molecule has 21 heavy (non-hydrogen) atoms. The van der Waals surface area contributed by atoms with Gasteiger partial charge in [-0.2, -0.15) is 9.99 Å². The van der Waals surface area contributed by atoms with Gasteiger partial charge in [0.15, 0.2) is 0 Å². The first-order valence-corrected chi connectivity index (χ1v) is 6.96. The highest BCUT2D eigenvalue weighted by Gasteiger charge is 2.23. The molecule has 0 bridgehead atoms. The Morgan fingerprint density at radius 1 is 1.14 bits per heavy atom. The van der Waals surface area contributed by atoms with Crippen LogP contribution in [0.4, 0.5) is 0 Å². The maximum absolute atomic E-state index is 12.6. The van der Waals surface area contributed by atoms with Gasteiger partial charge in [-0.3, -0.25) is 4.79 Å². The minimum Gasteiger partial charge on any atom is -0.428 e. The summed E-state index contributed by atoms with van der Waals surface area (Å²) in [5.41, 5.74) is 1.02. The number of carbonyl (C=O) groups is 1. The number of nitrogens with zero attached hydrogens (tertiary/aromatic N) is 2. The molecule has 4 nitrogen and oxygen atoms in total. The van der Waals surface area contributed by atoms with Crippen LogP contribution in [0.1, 0.15) is 21.6 Å². The molecule has 0 saturated heterocycles. The van der Waals surface area contributed by atoms with Gasteiger partial charge < -0.3 is 5.21 Å². The molecule has 1 N–H and O–H groups in total. The fraction of sp³-hybridized carbons (Fsp3) is 0. The molecule has 5 heteroatoms. The number of rotatable bonds is 2. The molecule has 0 fully saturated rings. The molecular formula is C16H9BrN2O2. The molecule has 0 saturated carbocycles. The smallest absolute Gasteiger partial charge is 0.214 e. The summed E-state index contributed by atoms with van der Waals surface area (Å²) in [6.07, 6.45) is 0. The maximum Gasteiger partial charge on any atom is 0.214 e. The molecule has 1 heterocycles. The van der Waals surface area contributed by atoms with Gasteiger partial charge in [0.2, 0.25) is 5.78 Å². The zero-order valence-electron chi connectivity index (χ0n) is 10.7. The first-order valence-electron chi connectivity index (χ1n) is 6.16. The average molecular weight is 341 g/mol. The lowest BCUT2D eigenvalue weighted by molar-refractivity contribution is 0.0991. The first kappa shape index (κ1) is 13.4. The van der Waals surface area contributed by atoms with Gasteiger partial charge in [-0.25, -0.2) is 0 Å². The Kier molecular flexibility index (Phi) is 3.24. The lowest BCUT2D eigenvalue weighted by Gasteiger charge is -2.03. The van der Waals surface area contributed by atoms with E-state index >= 15 is 0 Å². The molecule has 0 unspecified atom stereocenters. The highest BCUT2D eigenvalue weighted by atomic mass is 79.9. The van der Waals surface area contributed by atoms with Crippen molar-refractivity contribution in [2.24, 2.45) is 0 Å². The summed E-state index contributed by atoms with van der Waals surface area (Å²) in [5, 5.41) is 20.1.